The number of nitrogens with two attached hydrogens (primary N) is 2. The molecule has 0 bridgehead atoms. The second-order valence-electron chi connectivity index (χ2n) is 20.3. The van der Waals surface area contributed by atoms with Crippen LogP contribution in [-0.2, 0) is 38.4 Å². The summed E-state index contributed by atoms with van der Waals surface area (Å²) < 4.78 is 0. The van der Waals surface area contributed by atoms with Crippen LogP contribution in [0.3, 0.4) is 0 Å². The van der Waals surface area contributed by atoms with E-state index < -0.39 is 58.4 Å². The molecule has 2 aromatic carbocycles. The van der Waals surface area contributed by atoms with E-state index in [-0.39, 0.29) is 18.2 Å². The number of hydrogen-bond donors (Lipinski definition) is 4. The van der Waals surface area contributed by atoms with Gasteiger partial charge in [0.15, 0.2) is 11.6 Å². The number of anilines is 4. The SMILES string of the molecule is CSCC[C@H](NC(=O)CC1CCCC1)C(=O)C1(N)C(=O)N(C)c2ccccc2N(C)C1=O.CSCC[C@H](NC(=O)CC1CCCC1)C(=O)C1(N)C(=O)N(CC2CC2)c2ccccc2N(CC2CC2)C1=O. The summed E-state index contributed by atoms with van der Waals surface area (Å²) in [6, 6.07) is 12.3. The van der Waals surface area contributed by atoms with E-state index in [4.69, 9.17) is 11.5 Å². The Morgan fingerprint density at radius 1 is 0.543 bits per heavy atom. The number of thioether (sulfide) groups is 2. The van der Waals surface area contributed by atoms with E-state index in [9.17, 15) is 38.4 Å². The number of carbonyl (C=O) groups is 8. The third-order valence-electron chi connectivity index (χ3n) is 15.0. The van der Waals surface area contributed by atoms with E-state index in [0.29, 0.717) is 90.3 Å². The number of ketones is 2. The third-order valence-corrected chi connectivity index (χ3v) is 16.3. The molecule has 6 amide bonds. The fourth-order valence-corrected chi connectivity index (χ4v) is 11.4. The molecular weight excluding hydrogens is 929 g/mol. The molecule has 2 aromatic rings. The average Bonchev–Trinajstić information content (AvgIpc) is 4.27. The molecular formula is C52H72N8O8S2. The number of amides is 6. The van der Waals surface area contributed by atoms with Crippen molar-refractivity contribution in [2.45, 2.75) is 126 Å². The first-order valence-corrected chi connectivity index (χ1v) is 27.9. The Labute approximate surface area is 420 Å². The highest BCUT2D eigenvalue weighted by Gasteiger charge is 2.59. The van der Waals surface area contributed by atoms with Gasteiger partial charge >= 0.3 is 0 Å². The molecule has 16 nitrogen and oxygen atoms in total. The maximum Gasteiger partial charge on any atom is 0.264 e. The first-order valence-electron chi connectivity index (χ1n) is 25.2. The van der Waals surface area contributed by atoms with Gasteiger partial charge in [-0.3, -0.25) is 38.4 Å². The number of hydrogen-bond acceptors (Lipinski definition) is 12. The molecule has 6 aliphatic rings. The number of nitrogens with zero attached hydrogens (tertiary/aromatic N) is 4. The summed E-state index contributed by atoms with van der Waals surface area (Å²) in [5.74, 6) is -2.42. The van der Waals surface area contributed by atoms with Gasteiger partial charge in [0, 0.05) is 40.0 Å². The maximum absolute atomic E-state index is 14.3. The van der Waals surface area contributed by atoms with E-state index in [2.05, 4.69) is 10.6 Å². The standard InChI is InChI=1S/C29H40N4O4S.C23H32N4O4S/c1-38-15-14-22(31-25(34)16-19-6-2-3-7-19)26(35)29(30)27(36)32(17-20-10-11-20)23-8-4-5-9-24(23)33(28(29)37)18-21-12-13-21;1-26-17-10-6-7-11-18(17)27(2)22(31)23(24,21(26)30)20(29)16(12-13-32-3)25-19(28)14-15-8-4-5-9-15/h4-5,8-9,19-22H,2-3,6-7,10-18,30H2,1H3,(H,31,34);6-7,10-11,15-16H,4-5,8-9,12-14,24H2,1-3H3,(H,25,28)/t22-;16-/m00/s1. The van der Waals surface area contributed by atoms with Gasteiger partial charge < -0.3 is 41.7 Å². The van der Waals surface area contributed by atoms with Crippen LogP contribution in [0.1, 0.15) is 103 Å². The Hall–Kier alpha value is -4.78. The van der Waals surface area contributed by atoms with Gasteiger partial charge in [-0.05, 0) is 136 Å². The molecule has 2 aliphatic heterocycles. The number of para-hydroxylation sites is 4. The molecule has 4 fully saturated rings. The van der Waals surface area contributed by atoms with Gasteiger partial charge in [0.1, 0.15) is 0 Å². The van der Waals surface area contributed by atoms with Crippen LogP contribution in [0.5, 0.6) is 0 Å². The highest BCUT2D eigenvalue weighted by molar-refractivity contribution is 7.98. The van der Waals surface area contributed by atoms with Crippen molar-refractivity contribution in [1.29, 1.82) is 0 Å². The van der Waals surface area contributed by atoms with E-state index >= 15 is 0 Å². The zero-order valence-corrected chi connectivity index (χ0v) is 42.9. The minimum atomic E-state index is -2.42. The highest BCUT2D eigenvalue weighted by Crippen LogP contribution is 2.42. The minimum absolute atomic E-state index is 0.207. The lowest BCUT2D eigenvalue weighted by Crippen LogP contribution is -2.71. The van der Waals surface area contributed by atoms with Crippen molar-refractivity contribution in [3.63, 3.8) is 0 Å². The predicted octanol–water partition coefficient (Wildman–Crippen LogP) is 4.98. The topological polar surface area (TPSA) is 226 Å². The smallest absolute Gasteiger partial charge is 0.264 e. The molecule has 2 atom stereocenters. The Kier molecular flexibility index (Phi) is 17.6. The Balaban J connectivity index is 0.000000210. The summed E-state index contributed by atoms with van der Waals surface area (Å²) in [6.07, 6.45) is 17.6. The van der Waals surface area contributed by atoms with Gasteiger partial charge in [-0.15, -0.1) is 0 Å². The Morgan fingerprint density at radius 2 is 0.871 bits per heavy atom. The second kappa shape index (κ2) is 23.2. The average molecular weight is 1000 g/mol. The van der Waals surface area contributed by atoms with E-state index in [1.165, 1.54) is 35.7 Å². The molecule has 0 spiro atoms. The molecule has 0 unspecified atom stereocenters. The summed E-state index contributed by atoms with van der Waals surface area (Å²) in [6.45, 7) is 0.853. The van der Waals surface area contributed by atoms with Crippen LogP contribution >= 0.6 is 23.5 Å². The fourth-order valence-electron chi connectivity index (χ4n) is 10.4. The van der Waals surface area contributed by atoms with Crippen LogP contribution < -0.4 is 41.7 Å². The molecule has 6 N–H and O–H groups in total. The molecule has 70 heavy (non-hydrogen) atoms. The van der Waals surface area contributed by atoms with Gasteiger partial charge in [0.25, 0.3) is 23.6 Å². The Bertz CT molecular complexity index is 2200. The van der Waals surface area contributed by atoms with Gasteiger partial charge in [0.05, 0.1) is 34.8 Å². The number of carbonyl (C=O) groups excluding carboxylic acids is 8. The van der Waals surface area contributed by atoms with Crippen LogP contribution in [0.4, 0.5) is 22.7 Å². The largest absolute Gasteiger partial charge is 0.346 e. The molecule has 0 radical (unpaired) electrons. The van der Waals surface area contributed by atoms with Gasteiger partial charge in [-0.1, -0.05) is 49.9 Å². The van der Waals surface area contributed by atoms with Crippen LogP contribution in [0, 0.1) is 23.7 Å². The second-order valence-corrected chi connectivity index (χ2v) is 22.3. The molecule has 0 saturated heterocycles. The number of benzene rings is 2. The number of likely N-dealkylation sites (N-methyl/N-ethyl adjacent to an activating group) is 2. The third kappa shape index (κ3) is 11.6. The maximum atomic E-state index is 14.3. The molecule has 0 aromatic heterocycles. The van der Waals surface area contributed by atoms with Crippen molar-refractivity contribution in [3.05, 3.63) is 48.5 Å². The first kappa shape index (κ1) is 53.0. The zero-order valence-electron chi connectivity index (χ0n) is 41.3. The van der Waals surface area contributed by atoms with Crippen molar-refractivity contribution in [3.8, 4) is 0 Å². The predicted molar refractivity (Wildman–Crippen MR) is 277 cm³/mol. The van der Waals surface area contributed by atoms with Crippen molar-refractivity contribution in [1.82, 2.24) is 10.6 Å². The molecule has 8 rings (SSSR count). The normalized spacial score (nSPS) is 21.0. The lowest BCUT2D eigenvalue weighted by molar-refractivity contribution is -0.145. The van der Waals surface area contributed by atoms with Gasteiger partial charge in [-0.25, -0.2) is 0 Å². The highest BCUT2D eigenvalue weighted by atomic mass is 32.2. The van der Waals surface area contributed by atoms with Gasteiger partial charge in [0.2, 0.25) is 22.9 Å². The minimum Gasteiger partial charge on any atom is -0.346 e. The molecule has 2 heterocycles. The van der Waals surface area contributed by atoms with Crippen LogP contribution in [-0.4, -0.2) is 121 Å². The number of rotatable bonds is 20. The summed E-state index contributed by atoms with van der Waals surface area (Å²) in [7, 11) is 3.00. The van der Waals surface area contributed by atoms with Crippen LogP contribution in [0.25, 0.3) is 0 Å². The summed E-state index contributed by atoms with van der Waals surface area (Å²) in [5.41, 5.74) is 10.5. The molecule has 380 valence electrons. The van der Waals surface area contributed by atoms with E-state index in [0.717, 1.165) is 77.0 Å². The molecule has 18 heteroatoms. The number of fused-ring (bicyclic) bond motifs is 2. The monoisotopic (exact) mass is 1000 g/mol. The number of Topliss-reactive ketones (excluding diaryl/α,β-unsaturated/α-hetero) is 2. The summed E-state index contributed by atoms with van der Waals surface area (Å²) in [4.78, 5) is 115. The van der Waals surface area contributed by atoms with Gasteiger partial charge in [-0.2, -0.15) is 23.5 Å². The fraction of sp³-hybridized carbons (Fsp3) is 0.615. The van der Waals surface area contributed by atoms with Crippen LogP contribution in [0.15, 0.2) is 48.5 Å². The van der Waals surface area contributed by atoms with E-state index in [1.807, 2.05) is 36.8 Å². The zero-order chi connectivity index (χ0) is 50.3. The lowest BCUT2D eigenvalue weighted by atomic mass is 9.85. The number of nitrogens with one attached hydrogen (secondary N) is 2. The Morgan fingerprint density at radius 3 is 1.20 bits per heavy atom. The van der Waals surface area contributed by atoms with Crippen molar-refractivity contribution < 1.29 is 38.4 Å². The quantitative estimate of drug-likeness (QED) is 0.129. The summed E-state index contributed by atoms with van der Waals surface area (Å²) >= 11 is 3.06. The van der Waals surface area contributed by atoms with E-state index in [1.54, 1.807) is 45.8 Å². The molecule has 4 saturated carbocycles. The van der Waals surface area contributed by atoms with Crippen molar-refractivity contribution >= 4 is 93.3 Å². The van der Waals surface area contributed by atoms with Crippen LogP contribution in [0.2, 0.25) is 0 Å². The van der Waals surface area contributed by atoms with Crippen molar-refractivity contribution in [2.75, 3.05) is 70.8 Å². The molecule has 4 aliphatic carbocycles. The lowest BCUT2D eigenvalue weighted by Gasteiger charge is -2.33. The van der Waals surface area contributed by atoms with Crippen molar-refractivity contribution in [2.24, 2.45) is 35.1 Å². The summed E-state index contributed by atoms with van der Waals surface area (Å²) in [5, 5.41) is 5.69. The first-order chi connectivity index (χ1) is 33.5.